The van der Waals surface area contributed by atoms with Crippen LogP contribution in [0.25, 0.3) is 0 Å². The first-order valence-corrected chi connectivity index (χ1v) is 6.36. The predicted molar refractivity (Wildman–Crippen MR) is 68.4 cm³/mol. The van der Waals surface area contributed by atoms with Gasteiger partial charge in [-0.2, -0.15) is 0 Å². The zero-order valence-corrected chi connectivity index (χ0v) is 11.3. The van der Waals surface area contributed by atoms with Crippen LogP contribution in [0.3, 0.4) is 0 Å². The average molecular weight is 315 g/mol. The van der Waals surface area contributed by atoms with Gasteiger partial charge in [-0.25, -0.2) is 4.39 Å². The van der Waals surface area contributed by atoms with Crippen molar-refractivity contribution in [1.29, 1.82) is 0 Å². The highest BCUT2D eigenvalue weighted by Gasteiger charge is 2.13. The monoisotopic (exact) mass is 314 g/mol. The van der Waals surface area contributed by atoms with Crippen LogP contribution in [0.15, 0.2) is 34.1 Å². The van der Waals surface area contributed by atoms with Crippen molar-refractivity contribution in [3.63, 3.8) is 0 Å². The maximum atomic E-state index is 13.2. The van der Waals surface area contributed by atoms with E-state index in [1.807, 2.05) is 0 Å². The molecule has 2 rings (SSSR count). The van der Waals surface area contributed by atoms with E-state index in [0.717, 1.165) is 3.79 Å². The molecule has 0 fully saturated rings. The Hall–Kier alpha value is -1.20. The third kappa shape index (κ3) is 2.56. The lowest BCUT2D eigenvalue weighted by molar-refractivity contribution is 0.104. The molecule has 0 atom stereocenters. The first-order chi connectivity index (χ1) is 8.11. The maximum absolute atomic E-state index is 13.2. The molecule has 0 saturated carbocycles. The largest absolute Gasteiger partial charge is 0.494 e. The van der Waals surface area contributed by atoms with E-state index in [1.165, 1.54) is 36.6 Å². The first-order valence-electron chi connectivity index (χ1n) is 4.75. The number of benzene rings is 1. The van der Waals surface area contributed by atoms with Crippen LogP contribution in [-0.2, 0) is 0 Å². The molecular formula is C12H8BrFO2S. The molecule has 0 unspecified atom stereocenters. The minimum atomic E-state index is -0.476. The van der Waals surface area contributed by atoms with Gasteiger partial charge in [-0.05, 0) is 46.3 Å². The van der Waals surface area contributed by atoms with Crippen molar-refractivity contribution in [2.75, 3.05) is 7.11 Å². The highest BCUT2D eigenvalue weighted by atomic mass is 79.9. The second-order valence-corrected chi connectivity index (χ2v) is 5.75. The van der Waals surface area contributed by atoms with Crippen LogP contribution in [0, 0.1) is 5.82 Å². The molecule has 1 aromatic heterocycles. The van der Waals surface area contributed by atoms with Gasteiger partial charge in [0.1, 0.15) is 0 Å². The molecule has 0 aliphatic carbocycles. The van der Waals surface area contributed by atoms with Gasteiger partial charge < -0.3 is 4.74 Å². The SMILES string of the molecule is COc1cc(C(=O)c2ccc(Br)s2)ccc1F. The summed E-state index contributed by atoms with van der Waals surface area (Å²) in [7, 11) is 1.37. The van der Waals surface area contributed by atoms with Crippen molar-refractivity contribution in [1.82, 2.24) is 0 Å². The Labute approximate surface area is 110 Å². The van der Waals surface area contributed by atoms with Gasteiger partial charge in [0.15, 0.2) is 11.6 Å². The van der Waals surface area contributed by atoms with Crippen molar-refractivity contribution in [2.24, 2.45) is 0 Å². The Balaban J connectivity index is 2.37. The van der Waals surface area contributed by atoms with Crippen LogP contribution in [-0.4, -0.2) is 12.9 Å². The summed E-state index contributed by atoms with van der Waals surface area (Å²) in [6.45, 7) is 0. The lowest BCUT2D eigenvalue weighted by atomic mass is 10.1. The number of ketones is 1. The van der Waals surface area contributed by atoms with Gasteiger partial charge in [0.25, 0.3) is 0 Å². The summed E-state index contributed by atoms with van der Waals surface area (Å²) in [6, 6.07) is 7.62. The number of methoxy groups -OCH3 is 1. The van der Waals surface area contributed by atoms with Gasteiger partial charge in [-0.3, -0.25) is 4.79 Å². The fourth-order valence-corrected chi connectivity index (χ4v) is 2.73. The Kier molecular flexibility index (Phi) is 3.59. The molecule has 0 radical (unpaired) electrons. The number of halogens is 2. The topological polar surface area (TPSA) is 26.3 Å². The van der Waals surface area contributed by atoms with E-state index in [2.05, 4.69) is 15.9 Å². The third-order valence-electron chi connectivity index (χ3n) is 2.21. The third-order valence-corrected chi connectivity index (χ3v) is 3.83. The summed E-state index contributed by atoms with van der Waals surface area (Å²) in [6.07, 6.45) is 0. The van der Waals surface area contributed by atoms with Crippen LogP contribution in [0.4, 0.5) is 4.39 Å². The average Bonchev–Trinajstić information content (AvgIpc) is 2.75. The van der Waals surface area contributed by atoms with E-state index < -0.39 is 5.82 Å². The molecule has 0 aliphatic heterocycles. The van der Waals surface area contributed by atoms with Crippen LogP contribution in [0.1, 0.15) is 15.2 Å². The Morgan fingerprint density at radius 2 is 2.12 bits per heavy atom. The molecule has 0 aliphatic rings. The summed E-state index contributed by atoms with van der Waals surface area (Å²) < 4.78 is 18.9. The van der Waals surface area contributed by atoms with E-state index in [4.69, 9.17) is 4.74 Å². The number of rotatable bonds is 3. The molecule has 5 heteroatoms. The standard InChI is InChI=1S/C12H8BrFO2S/c1-16-9-6-7(2-3-8(9)14)12(15)10-4-5-11(13)17-10/h2-6H,1H3. The van der Waals surface area contributed by atoms with Gasteiger partial charge >= 0.3 is 0 Å². The van der Waals surface area contributed by atoms with Crippen LogP contribution < -0.4 is 4.74 Å². The molecule has 0 saturated heterocycles. The maximum Gasteiger partial charge on any atom is 0.203 e. The van der Waals surface area contributed by atoms with Gasteiger partial charge in [0, 0.05) is 5.56 Å². The minimum absolute atomic E-state index is 0.0754. The van der Waals surface area contributed by atoms with E-state index in [1.54, 1.807) is 12.1 Å². The number of thiophene rings is 1. The number of carbonyl (C=O) groups is 1. The van der Waals surface area contributed by atoms with Gasteiger partial charge in [0.2, 0.25) is 5.78 Å². The molecule has 0 amide bonds. The molecule has 1 heterocycles. The summed E-state index contributed by atoms with van der Waals surface area (Å²) >= 11 is 4.64. The van der Waals surface area contributed by atoms with E-state index in [-0.39, 0.29) is 11.5 Å². The van der Waals surface area contributed by atoms with Crippen LogP contribution >= 0.6 is 27.3 Å². The summed E-state index contributed by atoms with van der Waals surface area (Å²) in [5.74, 6) is -0.540. The molecule has 88 valence electrons. The number of hydrogen-bond donors (Lipinski definition) is 0. The van der Waals surface area contributed by atoms with Crippen molar-refractivity contribution in [2.45, 2.75) is 0 Å². The summed E-state index contributed by atoms with van der Waals surface area (Å²) in [5.41, 5.74) is 0.414. The molecule has 1 aromatic carbocycles. The number of ether oxygens (including phenoxy) is 1. The van der Waals surface area contributed by atoms with Crippen LogP contribution in [0.2, 0.25) is 0 Å². The molecule has 0 bridgehead atoms. The molecule has 0 N–H and O–H groups in total. The predicted octanol–water partition coefficient (Wildman–Crippen LogP) is 3.89. The summed E-state index contributed by atoms with van der Waals surface area (Å²) in [4.78, 5) is 12.7. The second kappa shape index (κ2) is 4.98. The fraction of sp³-hybridized carbons (Fsp3) is 0.0833. The van der Waals surface area contributed by atoms with Crippen molar-refractivity contribution in [3.8, 4) is 5.75 Å². The molecular weight excluding hydrogens is 307 g/mol. The second-order valence-electron chi connectivity index (χ2n) is 3.28. The first kappa shape index (κ1) is 12.3. The van der Waals surface area contributed by atoms with Gasteiger partial charge in [-0.15, -0.1) is 11.3 Å². The van der Waals surface area contributed by atoms with Crippen molar-refractivity contribution < 1.29 is 13.9 Å². The van der Waals surface area contributed by atoms with E-state index in [9.17, 15) is 9.18 Å². The molecule has 17 heavy (non-hydrogen) atoms. The smallest absolute Gasteiger partial charge is 0.203 e. The molecule has 0 spiro atoms. The van der Waals surface area contributed by atoms with Crippen molar-refractivity contribution >= 4 is 33.0 Å². The Morgan fingerprint density at radius 3 is 2.71 bits per heavy atom. The quantitative estimate of drug-likeness (QED) is 0.803. The Morgan fingerprint density at radius 1 is 1.35 bits per heavy atom. The van der Waals surface area contributed by atoms with E-state index >= 15 is 0 Å². The molecule has 2 aromatic rings. The lowest BCUT2D eigenvalue weighted by Gasteiger charge is -2.03. The highest BCUT2D eigenvalue weighted by molar-refractivity contribution is 9.11. The van der Waals surface area contributed by atoms with Crippen molar-refractivity contribution in [3.05, 3.63) is 50.4 Å². The zero-order chi connectivity index (χ0) is 12.4. The fourth-order valence-electron chi connectivity index (χ4n) is 1.38. The van der Waals surface area contributed by atoms with Gasteiger partial charge in [0.05, 0.1) is 15.8 Å². The number of hydrogen-bond acceptors (Lipinski definition) is 3. The normalized spacial score (nSPS) is 10.3. The number of carbonyl (C=O) groups excluding carboxylic acids is 1. The zero-order valence-electron chi connectivity index (χ0n) is 8.87. The minimum Gasteiger partial charge on any atom is -0.494 e. The van der Waals surface area contributed by atoms with Gasteiger partial charge in [-0.1, -0.05) is 0 Å². The molecule has 2 nitrogen and oxygen atoms in total. The summed E-state index contributed by atoms with van der Waals surface area (Å²) in [5, 5.41) is 0. The lowest BCUT2D eigenvalue weighted by Crippen LogP contribution is -2.00. The van der Waals surface area contributed by atoms with Crippen LogP contribution in [0.5, 0.6) is 5.75 Å². The van der Waals surface area contributed by atoms with E-state index in [0.29, 0.717) is 10.4 Å². The highest BCUT2D eigenvalue weighted by Crippen LogP contribution is 2.26. The Bertz CT molecular complexity index is 565.